The molecular weight excluding hydrogens is 282 g/mol. The first-order valence-electron chi connectivity index (χ1n) is 6.87. The van der Waals surface area contributed by atoms with Crippen LogP contribution in [0, 0.1) is 0 Å². The Kier molecular flexibility index (Phi) is 5.25. The minimum absolute atomic E-state index is 0.188. The minimum Gasteiger partial charge on any atom is -0.497 e. The molecule has 5 heteroatoms. The standard InChI is InChI=1S/C17H19NO4/c1-12(16-5-4-8-22-16)18-17(19)7-6-13-9-14(20-2)11-15(10-13)21-3/h4-12H,1-3H3,(H,18,19)/b7-6+/t12-/m1/s1. The summed E-state index contributed by atoms with van der Waals surface area (Å²) in [7, 11) is 3.17. The Morgan fingerprint density at radius 2 is 1.91 bits per heavy atom. The van der Waals surface area contributed by atoms with Gasteiger partial charge in [-0.1, -0.05) is 0 Å². The molecule has 0 bridgehead atoms. The molecule has 1 aromatic heterocycles. The first-order valence-corrected chi connectivity index (χ1v) is 6.87. The van der Waals surface area contributed by atoms with E-state index in [9.17, 15) is 4.79 Å². The Bertz CT molecular complexity index is 624. The molecule has 1 N–H and O–H groups in total. The van der Waals surface area contributed by atoms with Crippen molar-refractivity contribution in [3.05, 3.63) is 54.0 Å². The fourth-order valence-corrected chi connectivity index (χ4v) is 1.97. The number of carbonyl (C=O) groups excluding carboxylic acids is 1. The van der Waals surface area contributed by atoms with Crippen LogP contribution in [0.4, 0.5) is 0 Å². The molecule has 0 fully saturated rings. The molecule has 1 aromatic carbocycles. The van der Waals surface area contributed by atoms with Gasteiger partial charge in [0.25, 0.3) is 0 Å². The number of methoxy groups -OCH3 is 2. The molecule has 116 valence electrons. The fourth-order valence-electron chi connectivity index (χ4n) is 1.97. The number of furan rings is 1. The van der Waals surface area contributed by atoms with E-state index >= 15 is 0 Å². The summed E-state index contributed by atoms with van der Waals surface area (Å²) in [6, 6.07) is 8.84. The van der Waals surface area contributed by atoms with Gasteiger partial charge in [0.2, 0.25) is 5.91 Å². The van der Waals surface area contributed by atoms with E-state index in [0.717, 1.165) is 5.56 Å². The lowest BCUT2D eigenvalue weighted by molar-refractivity contribution is -0.117. The summed E-state index contributed by atoms with van der Waals surface area (Å²) < 4.78 is 15.6. The predicted octanol–water partition coefficient (Wildman–Crippen LogP) is 3.19. The van der Waals surface area contributed by atoms with E-state index in [4.69, 9.17) is 13.9 Å². The lowest BCUT2D eigenvalue weighted by Gasteiger charge is -2.09. The third-order valence-corrected chi connectivity index (χ3v) is 3.13. The van der Waals surface area contributed by atoms with Crippen LogP contribution in [0.3, 0.4) is 0 Å². The van der Waals surface area contributed by atoms with Gasteiger partial charge in [-0.3, -0.25) is 4.79 Å². The number of ether oxygens (including phenoxy) is 2. The number of hydrogen-bond donors (Lipinski definition) is 1. The van der Waals surface area contributed by atoms with Gasteiger partial charge in [0.05, 0.1) is 26.5 Å². The molecule has 0 saturated carbocycles. The van der Waals surface area contributed by atoms with Crippen molar-refractivity contribution in [3.63, 3.8) is 0 Å². The van der Waals surface area contributed by atoms with Gasteiger partial charge in [0.1, 0.15) is 17.3 Å². The number of hydrogen-bond acceptors (Lipinski definition) is 4. The zero-order chi connectivity index (χ0) is 15.9. The minimum atomic E-state index is -0.203. The zero-order valence-corrected chi connectivity index (χ0v) is 12.8. The van der Waals surface area contributed by atoms with Crippen molar-refractivity contribution in [3.8, 4) is 11.5 Å². The van der Waals surface area contributed by atoms with Gasteiger partial charge in [-0.05, 0) is 42.8 Å². The molecule has 22 heavy (non-hydrogen) atoms. The average molecular weight is 301 g/mol. The first-order chi connectivity index (χ1) is 10.6. The lowest BCUT2D eigenvalue weighted by Crippen LogP contribution is -2.24. The van der Waals surface area contributed by atoms with E-state index in [-0.39, 0.29) is 11.9 Å². The van der Waals surface area contributed by atoms with Crippen LogP contribution >= 0.6 is 0 Å². The van der Waals surface area contributed by atoms with Crippen LogP contribution in [-0.4, -0.2) is 20.1 Å². The Balaban J connectivity index is 2.03. The van der Waals surface area contributed by atoms with E-state index in [0.29, 0.717) is 17.3 Å². The second-order valence-corrected chi connectivity index (χ2v) is 4.73. The highest BCUT2D eigenvalue weighted by Gasteiger charge is 2.09. The SMILES string of the molecule is COc1cc(/C=C/C(=O)N[C@H](C)c2ccco2)cc(OC)c1. The topological polar surface area (TPSA) is 60.7 Å². The molecule has 0 aliphatic rings. The Labute approximate surface area is 129 Å². The maximum absolute atomic E-state index is 11.9. The van der Waals surface area contributed by atoms with Gasteiger partial charge in [0, 0.05) is 12.1 Å². The predicted molar refractivity (Wildman–Crippen MR) is 83.8 cm³/mol. The monoisotopic (exact) mass is 301 g/mol. The van der Waals surface area contributed by atoms with Gasteiger partial charge in [0.15, 0.2) is 0 Å². The van der Waals surface area contributed by atoms with Crippen LogP contribution < -0.4 is 14.8 Å². The number of benzene rings is 1. The molecule has 2 aromatic rings. The normalized spacial score (nSPS) is 12.1. The molecule has 0 radical (unpaired) electrons. The molecular formula is C17H19NO4. The summed E-state index contributed by atoms with van der Waals surface area (Å²) in [5.41, 5.74) is 0.817. The van der Waals surface area contributed by atoms with Crippen molar-refractivity contribution < 1.29 is 18.7 Å². The van der Waals surface area contributed by atoms with Crippen LogP contribution in [0.5, 0.6) is 11.5 Å². The van der Waals surface area contributed by atoms with Crippen LogP contribution in [-0.2, 0) is 4.79 Å². The third kappa shape index (κ3) is 4.15. The van der Waals surface area contributed by atoms with Gasteiger partial charge in [-0.2, -0.15) is 0 Å². The largest absolute Gasteiger partial charge is 0.497 e. The fraction of sp³-hybridized carbons (Fsp3) is 0.235. The molecule has 0 spiro atoms. The Hall–Kier alpha value is -2.69. The average Bonchev–Trinajstić information content (AvgIpc) is 3.07. The zero-order valence-electron chi connectivity index (χ0n) is 12.8. The molecule has 1 heterocycles. The second-order valence-electron chi connectivity index (χ2n) is 4.73. The Morgan fingerprint density at radius 3 is 2.45 bits per heavy atom. The van der Waals surface area contributed by atoms with Gasteiger partial charge >= 0.3 is 0 Å². The van der Waals surface area contributed by atoms with E-state index in [1.807, 2.05) is 25.1 Å². The van der Waals surface area contributed by atoms with Crippen molar-refractivity contribution in [2.45, 2.75) is 13.0 Å². The molecule has 5 nitrogen and oxygen atoms in total. The maximum Gasteiger partial charge on any atom is 0.244 e. The molecule has 1 atom stereocenters. The summed E-state index contributed by atoms with van der Waals surface area (Å²) in [6.07, 6.45) is 4.75. The van der Waals surface area contributed by atoms with E-state index in [1.54, 1.807) is 38.7 Å². The van der Waals surface area contributed by atoms with Crippen molar-refractivity contribution >= 4 is 12.0 Å². The molecule has 0 aliphatic carbocycles. The summed E-state index contributed by atoms with van der Waals surface area (Å²) in [4.78, 5) is 11.9. The van der Waals surface area contributed by atoms with Crippen LogP contribution in [0.2, 0.25) is 0 Å². The molecule has 0 saturated heterocycles. The molecule has 2 rings (SSSR count). The van der Waals surface area contributed by atoms with Gasteiger partial charge < -0.3 is 19.2 Å². The molecule has 0 unspecified atom stereocenters. The van der Waals surface area contributed by atoms with Crippen molar-refractivity contribution in [1.29, 1.82) is 0 Å². The van der Waals surface area contributed by atoms with Crippen molar-refractivity contribution in [2.75, 3.05) is 14.2 Å². The summed E-state index contributed by atoms with van der Waals surface area (Å²) in [6.45, 7) is 1.86. The molecule has 1 amide bonds. The maximum atomic E-state index is 11.9. The second kappa shape index (κ2) is 7.36. The quantitative estimate of drug-likeness (QED) is 0.832. The van der Waals surface area contributed by atoms with Gasteiger partial charge in [-0.15, -0.1) is 0 Å². The smallest absolute Gasteiger partial charge is 0.244 e. The number of rotatable bonds is 6. The summed E-state index contributed by atoms with van der Waals surface area (Å²) in [5.74, 6) is 1.85. The number of carbonyl (C=O) groups is 1. The van der Waals surface area contributed by atoms with Crippen molar-refractivity contribution in [1.82, 2.24) is 5.32 Å². The number of nitrogens with one attached hydrogen (secondary N) is 1. The van der Waals surface area contributed by atoms with Gasteiger partial charge in [-0.25, -0.2) is 0 Å². The van der Waals surface area contributed by atoms with Crippen LogP contribution in [0.15, 0.2) is 47.1 Å². The Morgan fingerprint density at radius 1 is 1.23 bits per heavy atom. The third-order valence-electron chi connectivity index (χ3n) is 3.13. The lowest BCUT2D eigenvalue weighted by atomic mass is 10.2. The van der Waals surface area contributed by atoms with Crippen LogP contribution in [0.25, 0.3) is 6.08 Å². The van der Waals surface area contributed by atoms with E-state index < -0.39 is 0 Å². The highest BCUT2D eigenvalue weighted by Crippen LogP contribution is 2.23. The molecule has 0 aliphatic heterocycles. The van der Waals surface area contributed by atoms with Crippen LogP contribution in [0.1, 0.15) is 24.3 Å². The highest BCUT2D eigenvalue weighted by molar-refractivity contribution is 5.92. The number of amides is 1. The summed E-state index contributed by atoms with van der Waals surface area (Å²) >= 11 is 0. The van der Waals surface area contributed by atoms with Crippen molar-refractivity contribution in [2.24, 2.45) is 0 Å². The van der Waals surface area contributed by atoms with E-state index in [2.05, 4.69) is 5.32 Å². The first kappa shape index (κ1) is 15.7. The van der Waals surface area contributed by atoms with E-state index in [1.165, 1.54) is 6.08 Å². The summed E-state index contributed by atoms with van der Waals surface area (Å²) in [5, 5.41) is 2.83. The highest BCUT2D eigenvalue weighted by atomic mass is 16.5.